The van der Waals surface area contributed by atoms with Crippen molar-refractivity contribution in [2.75, 3.05) is 13.2 Å². The van der Waals surface area contributed by atoms with Gasteiger partial charge in [0, 0.05) is 23.2 Å². The summed E-state index contributed by atoms with van der Waals surface area (Å²) in [4.78, 5) is 11.9. The number of primary sulfonamides is 1. The van der Waals surface area contributed by atoms with Gasteiger partial charge in [-0.25, -0.2) is 13.6 Å². The molecule has 1 aromatic rings. The first kappa shape index (κ1) is 15.4. The van der Waals surface area contributed by atoms with Gasteiger partial charge in [0.15, 0.2) is 0 Å². The zero-order chi connectivity index (χ0) is 14.8. The fraction of sp³-hybridized carbons (Fsp3) is 0.417. The smallest absolute Gasteiger partial charge is 0.251 e. The van der Waals surface area contributed by atoms with E-state index in [9.17, 15) is 13.2 Å². The molecule has 1 aliphatic rings. The van der Waals surface area contributed by atoms with Crippen LogP contribution in [0.3, 0.4) is 0 Å². The SMILES string of the molecule is NS(=O)(=O)c1cc(Br)cc(C(=O)NCC2CCCO2)c1. The second-order valence-corrected chi connectivity index (χ2v) is 7.04. The Morgan fingerprint density at radius 2 is 2.20 bits per heavy atom. The van der Waals surface area contributed by atoms with E-state index in [4.69, 9.17) is 9.88 Å². The van der Waals surface area contributed by atoms with Crippen molar-refractivity contribution in [3.8, 4) is 0 Å². The Hall–Kier alpha value is -0.960. The Bertz CT molecular complexity index is 612. The Morgan fingerprint density at radius 3 is 2.80 bits per heavy atom. The van der Waals surface area contributed by atoms with Gasteiger partial charge >= 0.3 is 0 Å². The van der Waals surface area contributed by atoms with Crippen molar-refractivity contribution in [1.82, 2.24) is 5.32 Å². The molecule has 110 valence electrons. The third-order valence-corrected chi connectivity index (χ3v) is 4.33. The molecule has 0 bridgehead atoms. The second kappa shape index (κ2) is 6.21. The van der Waals surface area contributed by atoms with E-state index >= 15 is 0 Å². The van der Waals surface area contributed by atoms with Gasteiger partial charge in [-0.2, -0.15) is 0 Å². The molecule has 20 heavy (non-hydrogen) atoms. The van der Waals surface area contributed by atoms with Crippen molar-refractivity contribution in [1.29, 1.82) is 0 Å². The average Bonchev–Trinajstić information content (AvgIpc) is 2.87. The molecular weight excluding hydrogens is 348 g/mol. The number of amides is 1. The van der Waals surface area contributed by atoms with Gasteiger partial charge in [0.25, 0.3) is 5.91 Å². The number of ether oxygens (including phenoxy) is 1. The molecular formula is C12H15BrN2O4S. The van der Waals surface area contributed by atoms with Gasteiger partial charge in [0.1, 0.15) is 0 Å². The molecule has 1 unspecified atom stereocenters. The van der Waals surface area contributed by atoms with Crippen LogP contribution in [-0.4, -0.2) is 33.6 Å². The quantitative estimate of drug-likeness (QED) is 0.834. The molecule has 1 saturated heterocycles. The van der Waals surface area contributed by atoms with Crippen LogP contribution in [0.25, 0.3) is 0 Å². The monoisotopic (exact) mass is 362 g/mol. The molecule has 1 heterocycles. The zero-order valence-electron chi connectivity index (χ0n) is 10.6. The fourth-order valence-corrected chi connectivity index (χ4v) is 3.20. The normalized spacial score (nSPS) is 19.0. The van der Waals surface area contributed by atoms with Gasteiger partial charge in [-0.15, -0.1) is 0 Å². The molecule has 0 aromatic heterocycles. The lowest BCUT2D eigenvalue weighted by molar-refractivity contribution is 0.0857. The summed E-state index contributed by atoms with van der Waals surface area (Å²) in [6, 6.07) is 4.15. The van der Waals surface area contributed by atoms with E-state index < -0.39 is 10.0 Å². The van der Waals surface area contributed by atoms with E-state index in [1.165, 1.54) is 12.1 Å². The van der Waals surface area contributed by atoms with Crippen molar-refractivity contribution >= 4 is 31.9 Å². The first-order valence-corrected chi connectivity index (χ1v) is 8.43. The number of sulfonamides is 1. The van der Waals surface area contributed by atoms with Gasteiger partial charge in [-0.05, 0) is 31.0 Å². The van der Waals surface area contributed by atoms with Gasteiger partial charge in [0.2, 0.25) is 10.0 Å². The molecule has 0 saturated carbocycles. The highest BCUT2D eigenvalue weighted by Gasteiger charge is 2.18. The Labute approximate surface area is 125 Å². The summed E-state index contributed by atoms with van der Waals surface area (Å²) in [5, 5.41) is 7.79. The first-order chi connectivity index (χ1) is 9.36. The minimum Gasteiger partial charge on any atom is -0.376 e. The van der Waals surface area contributed by atoms with E-state index in [1.807, 2.05) is 0 Å². The summed E-state index contributed by atoms with van der Waals surface area (Å²) >= 11 is 3.17. The minimum absolute atomic E-state index is 0.0313. The van der Waals surface area contributed by atoms with E-state index in [1.54, 1.807) is 6.07 Å². The van der Waals surface area contributed by atoms with Crippen molar-refractivity contribution in [2.24, 2.45) is 5.14 Å². The number of hydrogen-bond donors (Lipinski definition) is 2. The van der Waals surface area contributed by atoms with Gasteiger partial charge in [-0.1, -0.05) is 15.9 Å². The number of benzene rings is 1. The van der Waals surface area contributed by atoms with E-state index in [0.29, 0.717) is 17.6 Å². The number of halogens is 1. The van der Waals surface area contributed by atoms with E-state index in [2.05, 4.69) is 21.2 Å². The van der Waals surface area contributed by atoms with Crippen LogP contribution >= 0.6 is 15.9 Å². The molecule has 1 fully saturated rings. The molecule has 1 atom stereocenters. The maximum atomic E-state index is 12.0. The molecule has 1 amide bonds. The lowest BCUT2D eigenvalue weighted by atomic mass is 10.2. The molecule has 0 aliphatic carbocycles. The van der Waals surface area contributed by atoms with Crippen molar-refractivity contribution in [3.05, 3.63) is 28.2 Å². The molecule has 6 nitrogen and oxygen atoms in total. The van der Waals surface area contributed by atoms with Crippen LogP contribution in [0.5, 0.6) is 0 Å². The number of nitrogens with two attached hydrogens (primary N) is 1. The second-order valence-electron chi connectivity index (χ2n) is 4.57. The highest BCUT2D eigenvalue weighted by atomic mass is 79.9. The first-order valence-electron chi connectivity index (χ1n) is 6.09. The van der Waals surface area contributed by atoms with Crippen molar-refractivity contribution in [3.63, 3.8) is 0 Å². The zero-order valence-corrected chi connectivity index (χ0v) is 13.0. The van der Waals surface area contributed by atoms with Crippen LogP contribution < -0.4 is 10.5 Å². The minimum atomic E-state index is -3.85. The summed E-state index contributed by atoms with van der Waals surface area (Å²) in [6.45, 7) is 1.13. The summed E-state index contributed by atoms with van der Waals surface area (Å²) in [5.74, 6) is -0.355. The molecule has 1 aromatic carbocycles. The predicted molar refractivity (Wildman–Crippen MR) is 76.8 cm³/mol. The van der Waals surface area contributed by atoms with Crippen LogP contribution in [-0.2, 0) is 14.8 Å². The molecule has 8 heteroatoms. The average molecular weight is 363 g/mol. The lowest BCUT2D eigenvalue weighted by Crippen LogP contribution is -2.31. The van der Waals surface area contributed by atoms with Crippen molar-refractivity contribution in [2.45, 2.75) is 23.8 Å². The van der Waals surface area contributed by atoms with E-state index in [-0.39, 0.29) is 22.5 Å². The Morgan fingerprint density at radius 1 is 1.45 bits per heavy atom. The van der Waals surface area contributed by atoms with E-state index in [0.717, 1.165) is 12.8 Å². The Kier molecular flexibility index (Phi) is 4.79. The molecule has 0 radical (unpaired) electrons. The highest BCUT2D eigenvalue weighted by Crippen LogP contribution is 2.19. The van der Waals surface area contributed by atoms with Crippen LogP contribution in [0.1, 0.15) is 23.2 Å². The highest BCUT2D eigenvalue weighted by molar-refractivity contribution is 9.10. The molecule has 0 spiro atoms. The molecule has 1 aliphatic heterocycles. The number of hydrogen-bond acceptors (Lipinski definition) is 4. The number of rotatable bonds is 4. The summed E-state index contributed by atoms with van der Waals surface area (Å²) in [5.41, 5.74) is 0.237. The number of nitrogens with one attached hydrogen (secondary N) is 1. The predicted octanol–water partition coefficient (Wildman–Crippen LogP) is 1.01. The van der Waals surface area contributed by atoms with Crippen molar-refractivity contribution < 1.29 is 17.9 Å². The summed E-state index contributed by atoms with van der Waals surface area (Å²) in [7, 11) is -3.85. The number of carbonyl (C=O) groups is 1. The molecule has 3 N–H and O–H groups in total. The van der Waals surface area contributed by atoms with Gasteiger partial charge in [0.05, 0.1) is 11.0 Å². The third kappa shape index (κ3) is 4.02. The number of carbonyl (C=O) groups excluding carboxylic acids is 1. The topological polar surface area (TPSA) is 98.5 Å². The van der Waals surface area contributed by atoms with Crippen LogP contribution in [0.15, 0.2) is 27.6 Å². The van der Waals surface area contributed by atoms with Gasteiger partial charge in [-0.3, -0.25) is 4.79 Å². The summed E-state index contributed by atoms with van der Waals surface area (Å²) in [6.07, 6.45) is 1.94. The maximum absolute atomic E-state index is 12.0. The van der Waals surface area contributed by atoms with Gasteiger partial charge < -0.3 is 10.1 Å². The fourth-order valence-electron chi connectivity index (χ4n) is 1.97. The summed E-state index contributed by atoms with van der Waals surface area (Å²) < 4.78 is 28.5. The van der Waals surface area contributed by atoms with Crippen LogP contribution in [0.4, 0.5) is 0 Å². The standard InChI is InChI=1S/C12H15BrN2O4S/c13-9-4-8(5-11(6-9)20(14,17)18)12(16)15-7-10-2-1-3-19-10/h4-6,10H,1-3,7H2,(H,15,16)(H2,14,17,18). The van der Waals surface area contributed by atoms with Crippen LogP contribution in [0.2, 0.25) is 0 Å². The maximum Gasteiger partial charge on any atom is 0.251 e. The lowest BCUT2D eigenvalue weighted by Gasteiger charge is -2.11. The van der Waals surface area contributed by atoms with Crippen LogP contribution in [0, 0.1) is 0 Å². The Balaban J connectivity index is 2.11. The molecule has 2 rings (SSSR count). The third-order valence-electron chi connectivity index (χ3n) is 2.98. The largest absolute Gasteiger partial charge is 0.376 e.